The predicted molar refractivity (Wildman–Crippen MR) is 72.2 cm³/mol. The van der Waals surface area contributed by atoms with Crippen molar-refractivity contribution in [2.24, 2.45) is 5.73 Å². The second-order valence-electron chi connectivity index (χ2n) is 4.08. The quantitative estimate of drug-likeness (QED) is 0.637. The van der Waals surface area contributed by atoms with E-state index in [9.17, 15) is 14.4 Å². The molecule has 114 valence electrons. The van der Waals surface area contributed by atoms with Crippen LogP contribution in [0.15, 0.2) is 18.2 Å². The van der Waals surface area contributed by atoms with E-state index in [1.807, 2.05) is 0 Å². The number of benzene rings is 1. The van der Waals surface area contributed by atoms with Crippen molar-refractivity contribution in [1.29, 1.82) is 0 Å². The molecular formula is C13H16N2O6. The molecule has 0 heterocycles. The molecule has 4 N–H and O–H groups in total. The van der Waals surface area contributed by atoms with Crippen LogP contribution in [0.1, 0.15) is 16.8 Å². The maximum Gasteiger partial charge on any atom is 0.326 e. The largest absolute Gasteiger partial charge is 0.493 e. The van der Waals surface area contributed by atoms with E-state index in [-0.39, 0.29) is 11.3 Å². The number of carbonyl (C=O) groups is 3. The molecule has 0 bridgehead atoms. The van der Waals surface area contributed by atoms with Crippen molar-refractivity contribution >= 4 is 17.8 Å². The van der Waals surface area contributed by atoms with E-state index >= 15 is 0 Å². The molecule has 2 amide bonds. The molecule has 21 heavy (non-hydrogen) atoms. The van der Waals surface area contributed by atoms with Gasteiger partial charge in [0.15, 0.2) is 11.5 Å². The summed E-state index contributed by atoms with van der Waals surface area (Å²) in [6.07, 6.45) is -0.507. The average Bonchev–Trinajstić information content (AvgIpc) is 2.44. The van der Waals surface area contributed by atoms with Gasteiger partial charge in [0.05, 0.1) is 26.2 Å². The van der Waals surface area contributed by atoms with Crippen LogP contribution in [-0.2, 0) is 9.59 Å². The Morgan fingerprint density at radius 2 is 1.95 bits per heavy atom. The van der Waals surface area contributed by atoms with Crippen molar-refractivity contribution in [2.45, 2.75) is 12.5 Å². The minimum absolute atomic E-state index is 0.0903. The van der Waals surface area contributed by atoms with E-state index in [0.717, 1.165) is 0 Å². The number of ether oxygens (including phenoxy) is 2. The number of hydrogen-bond acceptors (Lipinski definition) is 5. The molecule has 0 fully saturated rings. The molecule has 0 aliphatic carbocycles. The molecule has 0 saturated carbocycles. The number of nitrogens with two attached hydrogens (primary N) is 1. The van der Waals surface area contributed by atoms with Crippen molar-refractivity contribution in [3.05, 3.63) is 23.8 Å². The summed E-state index contributed by atoms with van der Waals surface area (Å²) in [5, 5.41) is 11.2. The summed E-state index contributed by atoms with van der Waals surface area (Å²) in [7, 11) is 2.76. The Morgan fingerprint density at radius 1 is 1.29 bits per heavy atom. The fraction of sp³-hybridized carbons (Fsp3) is 0.308. The molecule has 1 rings (SSSR count). The van der Waals surface area contributed by atoms with E-state index in [1.165, 1.54) is 20.3 Å². The summed E-state index contributed by atoms with van der Waals surface area (Å²) >= 11 is 0. The fourth-order valence-corrected chi connectivity index (χ4v) is 1.70. The number of carbonyl (C=O) groups excluding carboxylic acids is 2. The van der Waals surface area contributed by atoms with Crippen molar-refractivity contribution in [2.75, 3.05) is 14.2 Å². The van der Waals surface area contributed by atoms with Crippen LogP contribution >= 0.6 is 0 Å². The Bertz CT molecular complexity index is 558. The van der Waals surface area contributed by atoms with Crippen LogP contribution in [0.25, 0.3) is 0 Å². The van der Waals surface area contributed by atoms with Gasteiger partial charge in [0, 0.05) is 0 Å². The lowest BCUT2D eigenvalue weighted by molar-refractivity contribution is -0.140. The number of rotatable bonds is 7. The van der Waals surface area contributed by atoms with Gasteiger partial charge in [0.2, 0.25) is 5.91 Å². The molecule has 0 saturated heterocycles. The first-order valence-corrected chi connectivity index (χ1v) is 5.93. The van der Waals surface area contributed by atoms with E-state index < -0.39 is 30.2 Å². The van der Waals surface area contributed by atoms with Crippen LogP contribution in [0.2, 0.25) is 0 Å². The number of primary amides is 1. The third kappa shape index (κ3) is 4.10. The molecule has 1 aromatic rings. The normalized spacial score (nSPS) is 11.3. The Hall–Kier alpha value is -2.77. The second kappa shape index (κ2) is 7.13. The first kappa shape index (κ1) is 16.3. The monoisotopic (exact) mass is 296 g/mol. The van der Waals surface area contributed by atoms with Crippen molar-refractivity contribution in [3.8, 4) is 11.5 Å². The molecule has 1 aromatic carbocycles. The Balaban J connectivity index is 3.02. The molecule has 8 nitrogen and oxygen atoms in total. The van der Waals surface area contributed by atoms with Crippen LogP contribution in [-0.4, -0.2) is 43.2 Å². The molecule has 8 heteroatoms. The number of amides is 2. The van der Waals surface area contributed by atoms with Crippen molar-refractivity contribution in [1.82, 2.24) is 5.32 Å². The highest BCUT2D eigenvalue weighted by Crippen LogP contribution is 2.30. The minimum Gasteiger partial charge on any atom is -0.493 e. The maximum atomic E-state index is 12.1. The third-order valence-corrected chi connectivity index (χ3v) is 2.66. The number of para-hydroxylation sites is 1. The standard InChI is InChI=1S/C13H16N2O6/c1-20-9-5-3-4-7(11(9)21-2)12(17)15-8(13(18)19)6-10(14)16/h3-5,8H,6H2,1-2H3,(H2,14,16)(H,15,17)(H,18,19)/t8-/m1/s1. The first-order chi connectivity index (χ1) is 9.90. The van der Waals surface area contributed by atoms with Gasteiger partial charge in [-0.2, -0.15) is 0 Å². The molecule has 0 radical (unpaired) electrons. The van der Waals surface area contributed by atoms with Crippen LogP contribution in [0.4, 0.5) is 0 Å². The number of carboxylic acid groups (broad SMARTS) is 1. The number of aliphatic carboxylic acids is 1. The van der Waals surface area contributed by atoms with Gasteiger partial charge in [-0.25, -0.2) is 4.79 Å². The first-order valence-electron chi connectivity index (χ1n) is 5.93. The highest BCUT2D eigenvalue weighted by molar-refractivity contribution is 6.00. The van der Waals surface area contributed by atoms with Gasteiger partial charge in [0.1, 0.15) is 6.04 Å². The average molecular weight is 296 g/mol. The number of nitrogens with one attached hydrogen (secondary N) is 1. The maximum absolute atomic E-state index is 12.1. The molecule has 1 atom stereocenters. The topological polar surface area (TPSA) is 128 Å². The van der Waals surface area contributed by atoms with E-state index in [1.54, 1.807) is 12.1 Å². The number of methoxy groups -OCH3 is 2. The number of carboxylic acids is 1. The zero-order valence-corrected chi connectivity index (χ0v) is 11.6. The lowest BCUT2D eigenvalue weighted by Gasteiger charge is -2.15. The summed E-state index contributed by atoms with van der Waals surface area (Å²) in [5.41, 5.74) is 5.04. The Kier molecular flexibility index (Phi) is 5.53. The predicted octanol–water partition coefficient (Wildman–Crippen LogP) is -0.238. The van der Waals surface area contributed by atoms with E-state index in [0.29, 0.717) is 5.75 Å². The molecule has 0 aliphatic rings. The second-order valence-corrected chi connectivity index (χ2v) is 4.08. The van der Waals surface area contributed by atoms with Gasteiger partial charge in [0.25, 0.3) is 5.91 Å². The highest BCUT2D eigenvalue weighted by atomic mass is 16.5. The van der Waals surface area contributed by atoms with Gasteiger partial charge in [-0.1, -0.05) is 6.07 Å². The van der Waals surface area contributed by atoms with Gasteiger partial charge in [-0.15, -0.1) is 0 Å². The molecule has 0 unspecified atom stereocenters. The van der Waals surface area contributed by atoms with Gasteiger partial charge >= 0.3 is 5.97 Å². The summed E-state index contributed by atoms with van der Waals surface area (Å²) in [6, 6.07) is 3.18. The molecule has 0 aromatic heterocycles. The van der Waals surface area contributed by atoms with E-state index in [4.69, 9.17) is 20.3 Å². The minimum atomic E-state index is -1.41. The van der Waals surface area contributed by atoms with Crippen LogP contribution < -0.4 is 20.5 Å². The van der Waals surface area contributed by atoms with E-state index in [2.05, 4.69) is 5.32 Å². The summed E-state index contributed by atoms with van der Waals surface area (Å²) in [4.78, 5) is 33.9. The smallest absolute Gasteiger partial charge is 0.326 e. The lowest BCUT2D eigenvalue weighted by Crippen LogP contribution is -2.43. The van der Waals surface area contributed by atoms with Crippen LogP contribution in [0, 0.1) is 0 Å². The zero-order chi connectivity index (χ0) is 16.0. The summed E-state index contributed by atoms with van der Waals surface area (Å²) in [6.45, 7) is 0. The van der Waals surface area contributed by atoms with Crippen LogP contribution in [0.5, 0.6) is 11.5 Å². The van der Waals surface area contributed by atoms with Crippen LogP contribution in [0.3, 0.4) is 0 Å². The molecule has 0 aliphatic heterocycles. The molecule has 0 spiro atoms. The third-order valence-electron chi connectivity index (χ3n) is 2.66. The van der Waals surface area contributed by atoms with Gasteiger partial charge in [-0.3, -0.25) is 9.59 Å². The SMILES string of the molecule is COc1cccc(C(=O)N[C@H](CC(N)=O)C(=O)O)c1OC. The lowest BCUT2D eigenvalue weighted by atomic mass is 10.1. The summed E-state index contributed by atoms with van der Waals surface area (Å²) in [5.74, 6) is -2.41. The Labute approximate surface area is 120 Å². The number of hydrogen-bond donors (Lipinski definition) is 3. The highest BCUT2D eigenvalue weighted by Gasteiger charge is 2.25. The Morgan fingerprint density at radius 3 is 2.43 bits per heavy atom. The fourth-order valence-electron chi connectivity index (χ4n) is 1.70. The van der Waals surface area contributed by atoms with Gasteiger partial charge < -0.3 is 25.6 Å². The molecular weight excluding hydrogens is 280 g/mol. The zero-order valence-electron chi connectivity index (χ0n) is 11.6. The summed E-state index contributed by atoms with van der Waals surface area (Å²) < 4.78 is 10.1. The van der Waals surface area contributed by atoms with Gasteiger partial charge in [-0.05, 0) is 12.1 Å². The van der Waals surface area contributed by atoms with Crippen molar-refractivity contribution < 1.29 is 29.0 Å². The van der Waals surface area contributed by atoms with Crippen molar-refractivity contribution in [3.63, 3.8) is 0 Å².